The molecule has 0 bridgehead atoms. The molecular formula is C15H21ClN2O. The summed E-state index contributed by atoms with van der Waals surface area (Å²) in [6, 6.07) is 5.19. The zero-order valence-electron chi connectivity index (χ0n) is 11.7. The topological polar surface area (TPSA) is 33.2 Å². The largest absolute Gasteiger partial charge is 0.337 e. The maximum Gasteiger partial charge on any atom is 0.272 e. The molecule has 1 saturated heterocycles. The first-order valence-corrected chi connectivity index (χ1v) is 7.40. The Kier molecular flexibility index (Phi) is 4.46. The second-order valence-electron chi connectivity index (χ2n) is 5.34. The van der Waals surface area contributed by atoms with E-state index in [1.807, 2.05) is 4.90 Å². The number of hydrogen-bond acceptors (Lipinski definition) is 2. The number of rotatable bonds is 3. The number of hydrogen-bond donors (Lipinski definition) is 0. The fourth-order valence-corrected chi connectivity index (χ4v) is 2.99. The van der Waals surface area contributed by atoms with E-state index in [0.717, 1.165) is 25.9 Å². The molecule has 104 valence electrons. The lowest BCUT2D eigenvalue weighted by atomic mass is 9.74. The molecule has 1 aromatic rings. The van der Waals surface area contributed by atoms with Gasteiger partial charge in [0, 0.05) is 13.1 Å². The summed E-state index contributed by atoms with van der Waals surface area (Å²) in [5.41, 5.74) is 0.881. The Morgan fingerprint density at radius 1 is 1.32 bits per heavy atom. The molecule has 0 radical (unpaired) electrons. The van der Waals surface area contributed by atoms with E-state index in [-0.39, 0.29) is 5.91 Å². The lowest BCUT2D eigenvalue weighted by Crippen LogP contribution is -2.43. The summed E-state index contributed by atoms with van der Waals surface area (Å²) in [7, 11) is 0. The molecule has 0 atom stereocenters. The van der Waals surface area contributed by atoms with Gasteiger partial charge in [-0.25, -0.2) is 4.98 Å². The van der Waals surface area contributed by atoms with Gasteiger partial charge in [0.2, 0.25) is 0 Å². The van der Waals surface area contributed by atoms with Crippen molar-refractivity contribution in [1.82, 2.24) is 9.88 Å². The molecule has 1 amide bonds. The van der Waals surface area contributed by atoms with Gasteiger partial charge in [0.15, 0.2) is 0 Å². The molecule has 2 rings (SSSR count). The van der Waals surface area contributed by atoms with Crippen LogP contribution in [0.5, 0.6) is 0 Å². The van der Waals surface area contributed by atoms with Gasteiger partial charge in [-0.15, -0.1) is 0 Å². The predicted octanol–water partition coefficient (Wildman–Crippen LogP) is 3.78. The van der Waals surface area contributed by atoms with Gasteiger partial charge in [-0.1, -0.05) is 44.4 Å². The number of aromatic nitrogens is 1. The maximum absolute atomic E-state index is 12.3. The van der Waals surface area contributed by atoms with Gasteiger partial charge in [0.05, 0.1) is 0 Å². The highest BCUT2D eigenvalue weighted by Crippen LogP contribution is 2.38. The normalized spacial score (nSPS) is 18.4. The molecule has 4 heteroatoms. The number of carbonyl (C=O) groups excluding carboxylic acids is 1. The highest BCUT2D eigenvalue weighted by atomic mass is 35.5. The molecule has 3 nitrogen and oxygen atoms in total. The monoisotopic (exact) mass is 280 g/mol. The molecule has 0 saturated carbocycles. The SMILES string of the molecule is CCC1(CC)CCN(C(=O)c2cccc(Cl)n2)CC1. The third-order valence-electron chi connectivity index (χ3n) is 4.55. The van der Waals surface area contributed by atoms with Crippen molar-refractivity contribution in [3.05, 3.63) is 29.0 Å². The third-order valence-corrected chi connectivity index (χ3v) is 4.76. The molecule has 0 N–H and O–H groups in total. The number of likely N-dealkylation sites (tertiary alicyclic amines) is 1. The summed E-state index contributed by atoms with van der Waals surface area (Å²) >= 11 is 5.84. The van der Waals surface area contributed by atoms with Crippen molar-refractivity contribution in [2.75, 3.05) is 13.1 Å². The Morgan fingerprint density at radius 2 is 1.95 bits per heavy atom. The van der Waals surface area contributed by atoms with Crippen molar-refractivity contribution in [3.8, 4) is 0 Å². The molecule has 1 aliphatic heterocycles. The number of piperidine rings is 1. The molecule has 0 aliphatic carbocycles. The quantitative estimate of drug-likeness (QED) is 0.790. The van der Waals surface area contributed by atoms with Crippen molar-refractivity contribution in [2.24, 2.45) is 5.41 Å². The van der Waals surface area contributed by atoms with E-state index in [9.17, 15) is 4.79 Å². The molecule has 1 fully saturated rings. The first kappa shape index (κ1) is 14.3. The van der Waals surface area contributed by atoms with Crippen LogP contribution in [-0.4, -0.2) is 28.9 Å². The Bertz CT molecular complexity index is 447. The summed E-state index contributed by atoms with van der Waals surface area (Å²) < 4.78 is 0. The lowest BCUT2D eigenvalue weighted by molar-refractivity contribution is 0.0552. The van der Waals surface area contributed by atoms with Crippen LogP contribution in [0, 0.1) is 5.41 Å². The number of amides is 1. The van der Waals surface area contributed by atoms with Crippen LogP contribution in [0.25, 0.3) is 0 Å². The van der Waals surface area contributed by atoms with Gasteiger partial charge in [-0.05, 0) is 30.4 Å². The first-order chi connectivity index (χ1) is 9.10. The lowest BCUT2D eigenvalue weighted by Gasteiger charge is -2.40. The van der Waals surface area contributed by atoms with Crippen LogP contribution in [0.3, 0.4) is 0 Å². The van der Waals surface area contributed by atoms with Crippen molar-refractivity contribution in [2.45, 2.75) is 39.5 Å². The Labute approximate surface area is 120 Å². The van der Waals surface area contributed by atoms with Gasteiger partial charge >= 0.3 is 0 Å². The molecule has 1 aromatic heterocycles. The predicted molar refractivity (Wildman–Crippen MR) is 77.4 cm³/mol. The fraction of sp³-hybridized carbons (Fsp3) is 0.600. The summed E-state index contributed by atoms with van der Waals surface area (Å²) in [5.74, 6) is 0.00306. The Morgan fingerprint density at radius 3 is 2.47 bits per heavy atom. The Balaban J connectivity index is 2.04. The van der Waals surface area contributed by atoms with Crippen LogP contribution < -0.4 is 0 Å². The number of pyridine rings is 1. The zero-order chi connectivity index (χ0) is 13.9. The standard InChI is InChI=1S/C15H21ClN2O/c1-3-15(4-2)8-10-18(11-9-15)14(19)12-6-5-7-13(16)17-12/h5-7H,3-4,8-11H2,1-2H3. The minimum absolute atomic E-state index is 0.00306. The van der Waals surface area contributed by atoms with E-state index in [0.29, 0.717) is 16.3 Å². The zero-order valence-corrected chi connectivity index (χ0v) is 12.4. The Hall–Kier alpha value is -1.09. The summed E-state index contributed by atoms with van der Waals surface area (Å²) in [4.78, 5) is 18.3. The van der Waals surface area contributed by atoms with E-state index in [2.05, 4.69) is 18.8 Å². The molecule has 1 aliphatic rings. The maximum atomic E-state index is 12.3. The van der Waals surface area contributed by atoms with Crippen LogP contribution in [0.2, 0.25) is 5.15 Å². The van der Waals surface area contributed by atoms with Crippen molar-refractivity contribution in [1.29, 1.82) is 0 Å². The molecule has 0 spiro atoms. The highest BCUT2D eigenvalue weighted by Gasteiger charge is 2.33. The second kappa shape index (κ2) is 5.91. The minimum atomic E-state index is 0.00306. The van der Waals surface area contributed by atoms with Gasteiger partial charge in [0.25, 0.3) is 5.91 Å². The van der Waals surface area contributed by atoms with E-state index in [1.165, 1.54) is 12.8 Å². The van der Waals surface area contributed by atoms with Crippen LogP contribution >= 0.6 is 11.6 Å². The molecular weight excluding hydrogens is 260 g/mol. The van der Waals surface area contributed by atoms with Crippen LogP contribution in [0.4, 0.5) is 0 Å². The first-order valence-electron chi connectivity index (χ1n) is 7.02. The number of halogens is 1. The minimum Gasteiger partial charge on any atom is -0.337 e. The molecule has 2 heterocycles. The van der Waals surface area contributed by atoms with Crippen LogP contribution in [-0.2, 0) is 0 Å². The van der Waals surface area contributed by atoms with Crippen molar-refractivity contribution >= 4 is 17.5 Å². The van der Waals surface area contributed by atoms with E-state index in [4.69, 9.17) is 11.6 Å². The van der Waals surface area contributed by atoms with Gasteiger partial charge in [0.1, 0.15) is 10.8 Å². The molecule has 0 unspecified atom stereocenters. The van der Waals surface area contributed by atoms with Crippen molar-refractivity contribution in [3.63, 3.8) is 0 Å². The van der Waals surface area contributed by atoms with E-state index >= 15 is 0 Å². The fourth-order valence-electron chi connectivity index (χ4n) is 2.83. The van der Waals surface area contributed by atoms with E-state index < -0.39 is 0 Å². The van der Waals surface area contributed by atoms with Crippen LogP contribution in [0.1, 0.15) is 50.0 Å². The van der Waals surface area contributed by atoms with Gasteiger partial charge in [-0.3, -0.25) is 4.79 Å². The molecule has 19 heavy (non-hydrogen) atoms. The number of nitrogens with zero attached hydrogens (tertiary/aromatic N) is 2. The highest BCUT2D eigenvalue weighted by molar-refractivity contribution is 6.29. The van der Waals surface area contributed by atoms with E-state index in [1.54, 1.807) is 18.2 Å². The second-order valence-corrected chi connectivity index (χ2v) is 5.73. The van der Waals surface area contributed by atoms with Gasteiger partial charge in [-0.2, -0.15) is 0 Å². The summed E-state index contributed by atoms with van der Waals surface area (Å²) in [6.07, 6.45) is 4.57. The van der Waals surface area contributed by atoms with Crippen LogP contribution in [0.15, 0.2) is 18.2 Å². The summed E-state index contributed by atoms with van der Waals surface area (Å²) in [6.45, 7) is 6.16. The smallest absolute Gasteiger partial charge is 0.272 e. The average Bonchev–Trinajstić information content (AvgIpc) is 2.46. The molecule has 0 aromatic carbocycles. The van der Waals surface area contributed by atoms with Gasteiger partial charge < -0.3 is 4.90 Å². The third kappa shape index (κ3) is 3.08. The number of carbonyl (C=O) groups is 1. The summed E-state index contributed by atoms with van der Waals surface area (Å²) in [5, 5.41) is 0.374. The van der Waals surface area contributed by atoms with Crippen molar-refractivity contribution < 1.29 is 4.79 Å². The average molecular weight is 281 g/mol.